The first-order chi connectivity index (χ1) is 11.0. The van der Waals surface area contributed by atoms with Crippen molar-refractivity contribution in [3.05, 3.63) is 51.7 Å². The Bertz CT molecular complexity index is 643. The molecule has 1 amide bonds. The molecule has 7 heteroatoms. The van der Waals surface area contributed by atoms with Crippen LogP contribution in [0, 0.1) is 0 Å². The fraction of sp³-hybridized carbons (Fsp3) is 0.250. The summed E-state index contributed by atoms with van der Waals surface area (Å²) in [7, 11) is 0. The summed E-state index contributed by atoms with van der Waals surface area (Å²) < 4.78 is 10.1. The van der Waals surface area contributed by atoms with E-state index in [4.69, 9.17) is 21.1 Å². The van der Waals surface area contributed by atoms with Gasteiger partial charge in [0.2, 0.25) is 0 Å². The molecule has 1 aromatic carbocycles. The average Bonchev–Trinajstić information content (AvgIpc) is 3.07. The summed E-state index contributed by atoms with van der Waals surface area (Å²) >= 11 is 7.30. The van der Waals surface area contributed by atoms with Crippen molar-refractivity contribution in [2.24, 2.45) is 0 Å². The average molecular weight is 354 g/mol. The number of rotatable bonds is 7. The van der Waals surface area contributed by atoms with Gasteiger partial charge in [-0.1, -0.05) is 17.7 Å². The molecule has 0 aliphatic rings. The lowest BCUT2D eigenvalue weighted by Gasteiger charge is -2.12. The first-order valence-corrected chi connectivity index (χ1v) is 8.17. The third-order valence-corrected chi connectivity index (χ3v) is 4.19. The van der Waals surface area contributed by atoms with Crippen LogP contribution >= 0.6 is 22.9 Å². The highest BCUT2D eigenvalue weighted by Gasteiger charge is 2.12. The van der Waals surface area contributed by atoms with Crippen molar-refractivity contribution in [2.45, 2.75) is 13.0 Å². The van der Waals surface area contributed by atoms with Gasteiger partial charge in [0.25, 0.3) is 5.91 Å². The summed E-state index contributed by atoms with van der Waals surface area (Å²) in [5.74, 6) is -0.466. The van der Waals surface area contributed by atoms with Gasteiger partial charge in [0.1, 0.15) is 5.75 Å². The Morgan fingerprint density at radius 2 is 1.96 bits per heavy atom. The lowest BCUT2D eigenvalue weighted by Crippen LogP contribution is -2.31. The minimum atomic E-state index is -0.612. The first kappa shape index (κ1) is 17.3. The SMILES string of the molecule is C[C@@H](NC(=O)COC(=O)COc1ccc(Cl)cc1)c1cccs1. The third kappa shape index (κ3) is 5.92. The highest BCUT2D eigenvalue weighted by atomic mass is 35.5. The van der Waals surface area contributed by atoms with E-state index < -0.39 is 5.97 Å². The van der Waals surface area contributed by atoms with Crippen molar-refractivity contribution >= 4 is 34.8 Å². The molecule has 0 saturated carbocycles. The number of benzene rings is 1. The van der Waals surface area contributed by atoms with E-state index in [-0.39, 0.29) is 25.2 Å². The zero-order valence-electron chi connectivity index (χ0n) is 12.5. The van der Waals surface area contributed by atoms with Crippen LogP contribution < -0.4 is 10.1 Å². The molecule has 1 aromatic heterocycles. The largest absolute Gasteiger partial charge is 0.482 e. The predicted octanol–water partition coefficient (Wildman–Crippen LogP) is 3.20. The van der Waals surface area contributed by atoms with Crippen LogP contribution in [0.25, 0.3) is 0 Å². The van der Waals surface area contributed by atoms with E-state index in [1.165, 1.54) is 0 Å². The minimum Gasteiger partial charge on any atom is -0.482 e. The lowest BCUT2D eigenvalue weighted by molar-refractivity contribution is -0.150. The monoisotopic (exact) mass is 353 g/mol. The maximum absolute atomic E-state index is 11.7. The van der Waals surface area contributed by atoms with Crippen molar-refractivity contribution in [1.29, 1.82) is 0 Å². The van der Waals surface area contributed by atoms with E-state index in [1.54, 1.807) is 35.6 Å². The van der Waals surface area contributed by atoms with Gasteiger partial charge in [-0.15, -0.1) is 11.3 Å². The minimum absolute atomic E-state index is 0.119. The number of hydrogen-bond acceptors (Lipinski definition) is 5. The molecule has 0 saturated heterocycles. The normalized spacial score (nSPS) is 11.6. The molecule has 0 aliphatic carbocycles. The molecule has 0 radical (unpaired) electrons. The molecule has 23 heavy (non-hydrogen) atoms. The topological polar surface area (TPSA) is 64.6 Å². The Hall–Kier alpha value is -2.05. The molecule has 5 nitrogen and oxygen atoms in total. The van der Waals surface area contributed by atoms with Crippen molar-refractivity contribution in [3.8, 4) is 5.75 Å². The second-order valence-corrected chi connectivity index (χ2v) is 6.12. The second kappa shape index (κ2) is 8.55. The summed E-state index contributed by atoms with van der Waals surface area (Å²) in [4.78, 5) is 24.3. The van der Waals surface area contributed by atoms with Gasteiger partial charge in [-0.2, -0.15) is 0 Å². The van der Waals surface area contributed by atoms with Gasteiger partial charge in [-0.3, -0.25) is 4.79 Å². The van der Waals surface area contributed by atoms with Crippen molar-refractivity contribution < 1.29 is 19.1 Å². The van der Waals surface area contributed by atoms with Gasteiger partial charge in [-0.05, 0) is 42.6 Å². The highest BCUT2D eigenvalue weighted by molar-refractivity contribution is 7.10. The van der Waals surface area contributed by atoms with E-state index in [1.807, 2.05) is 24.4 Å². The maximum atomic E-state index is 11.7. The number of hydrogen-bond donors (Lipinski definition) is 1. The summed E-state index contributed by atoms with van der Waals surface area (Å²) in [5.41, 5.74) is 0. The number of amides is 1. The second-order valence-electron chi connectivity index (χ2n) is 4.71. The molecule has 2 aromatic rings. The molecular weight excluding hydrogens is 338 g/mol. The molecule has 1 atom stereocenters. The Morgan fingerprint density at radius 3 is 2.61 bits per heavy atom. The van der Waals surface area contributed by atoms with Crippen molar-refractivity contribution in [1.82, 2.24) is 5.32 Å². The molecular formula is C16H16ClNO4S. The lowest BCUT2D eigenvalue weighted by atomic mass is 10.3. The molecule has 0 spiro atoms. The molecule has 0 unspecified atom stereocenters. The van der Waals surface area contributed by atoms with Gasteiger partial charge in [0.15, 0.2) is 13.2 Å². The summed E-state index contributed by atoms with van der Waals surface area (Å²) in [5, 5.41) is 5.27. The Morgan fingerprint density at radius 1 is 1.22 bits per heavy atom. The van der Waals surface area contributed by atoms with E-state index in [0.29, 0.717) is 10.8 Å². The summed E-state index contributed by atoms with van der Waals surface area (Å²) in [6, 6.07) is 10.3. The standard InChI is InChI=1S/C16H16ClNO4S/c1-11(14-3-2-8-23-14)18-15(19)9-22-16(20)10-21-13-6-4-12(17)5-7-13/h2-8,11H,9-10H2,1H3,(H,18,19)/t11-/m1/s1. The fourth-order valence-electron chi connectivity index (χ4n) is 1.75. The van der Waals surface area contributed by atoms with Crippen molar-refractivity contribution in [2.75, 3.05) is 13.2 Å². The van der Waals surface area contributed by atoms with Crippen LogP contribution in [0.4, 0.5) is 0 Å². The quantitative estimate of drug-likeness (QED) is 0.776. The molecule has 0 fully saturated rings. The van der Waals surface area contributed by atoms with Crippen LogP contribution in [-0.2, 0) is 14.3 Å². The van der Waals surface area contributed by atoms with E-state index in [0.717, 1.165) is 4.88 Å². The van der Waals surface area contributed by atoms with Crippen LogP contribution in [0.15, 0.2) is 41.8 Å². The molecule has 1 N–H and O–H groups in total. The molecule has 0 bridgehead atoms. The molecule has 0 aliphatic heterocycles. The van der Waals surface area contributed by atoms with E-state index in [2.05, 4.69) is 5.32 Å². The van der Waals surface area contributed by atoms with E-state index >= 15 is 0 Å². The summed E-state index contributed by atoms with van der Waals surface area (Å²) in [6.45, 7) is 1.27. The number of carbonyl (C=O) groups is 2. The first-order valence-electron chi connectivity index (χ1n) is 6.91. The Labute approximate surface area is 143 Å². The van der Waals surface area contributed by atoms with Gasteiger partial charge in [0.05, 0.1) is 6.04 Å². The van der Waals surface area contributed by atoms with E-state index in [9.17, 15) is 9.59 Å². The van der Waals surface area contributed by atoms with Crippen LogP contribution in [0.3, 0.4) is 0 Å². The molecule has 1 heterocycles. The number of halogens is 1. The fourth-order valence-corrected chi connectivity index (χ4v) is 2.61. The van der Waals surface area contributed by atoms with Crippen LogP contribution in [0.2, 0.25) is 5.02 Å². The highest BCUT2D eigenvalue weighted by Crippen LogP contribution is 2.18. The third-order valence-electron chi connectivity index (χ3n) is 2.88. The number of nitrogens with one attached hydrogen (secondary N) is 1. The van der Waals surface area contributed by atoms with Crippen LogP contribution in [0.5, 0.6) is 5.75 Å². The summed E-state index contributed by atoms with van der Waals surface area (Å²) in [6.07, 6.45) is 0. The smallest absolute Gasteiger partial charge is 0.344 e. The number of esters is 1. The van der Waals surface area contributed by atoms with Gasteiger partial charge >= 0.3 is 5.97 Å². The van der Waals surface area contributed by atoms with Crippen molar-refractivity contribution in [3.63, 3.8) is 0 Å². The zero-order valence-corrected chi connectivity index (χ0v) is 14.0. The molecule has 2 rings (SSSR count). The number of thiophene rings is 1. The number of carbonyl (C=O) groups excluding carboxylic acids is 2. The number of ether oxygens (including phenoxy) is 2. The van der Waals surface area contributed by atoms with Gasteiger partial charge in [0, 0.05) is 9.90 Å². The Balaban J connectivity index is 1.67. The Kier molecular flexibility index (Phi) is 6.43. The van der Waals surface area contributed by atoms with Crippen LogP contribution in [0.1, 0.15) is 17.8 Å². The maximum Gasteiger partial charge on any atom is 0.344 e. The predicted molar refractivity (Wildman–Crippen MR) is 88.8 cm³/mol. The van der Waals surface area contributed by atoms with Gasteiger partial charge in [-0.25, -0.2) is 4.79 Å². The van der Waals surface area contributed by atoms with Gasteiger partial charge < -0.3 is 14.8 Å². The zero-order chi connectivity index (χ0) is 16.7. The molecule has 122 valence electrons. The van der Waals surface area contributed by atoms with Crippen LogP contribution in [-0.4, -0.2) is 25.1 Å².